The molecule has 0 atom stereocenters. The van der Waals surface area contributed by atoms with Gasteiger partial charge in [0.05, 0.1) is 23.0 Å². The summed E-state index contributed by atoms with van der Waals surface area (Å²) in [7, 11) is 0. The van der Waals surface area contributed by atoms with Crippen molar-refractivity contribution >= 4 is 22.9 Å². The second-order valence-corrected chi connectivity index (χ2v) is 7.84. The van der Waals surface area contributed by atoms with Crippen molar-refractivity contribution in [2.24, 2.45) is 0 Å². The van der Waals surface area contributed by atoms with E-state index in [4.69, 9.17) is 16.3 Å². The third kappa shape index (κ3) is 3.47. The minimum atomic E-state index is 0.0797. The van der Waals surface area contributed by atoms with Gasteiger partial charge in [-0.05, 0) is 50.6 Å². The van der Waals surface area contributed by atoms with Gasteiger partial charge in [0.2, 0.25) is 5.13 Å². The summed E-state index contributed by atoms with van der Waals surface area (Å²) in [6.07, 6.45) is 3.96. The number of ether oxygens (including phenoxy) is 1. The molecule has 0 amide bonds. The van der Waals surface area contributed by atoms with E-state index in [9.17, 15) is 0 Å². The molecule has 0 aliphatic carbocycles. The van der Waals surface area contributed by atoms with E-state index >= 15 is 0 Å². The van der Waals surface area contributed by atoms with Gasteiger partial charge in [0.25, 0.3) is 0 Å². The lowest BCUT2D eigenvalue weighted by Crippen LogP contribution is -2.17. The van der Waals surface area contributed by atoms with Gasteiger partial charge in [0, 0.05) is 18.5 Å². The number of halogens is 1. The Kier molecular flexibility index (Phi) is 4.93. The molecule has 0 fully saturated rings. The Bertz CT molecular complexity index is 920. The van der Waals surface area contributed by atoms with Gasteiger partial charge >= 0.3 is 0 Å². The molecule has 0 bridgehead atoms. The second kappa shape index (κ2) is 7.34. The molecule has 6 nitrogen and oxygen atoms in total. The third-order valence-corrected chi connectivity index (χ3v) is 5.45. The lowest BCUT2D eigenvalue weighted by molar-refractivity contribution is 0.242. The van der Waals surface area contributed by atoms with Gasteiger partial charge in [0.15, 0.2) is 0 Å². The summed E-state index contributed by atoms with van der Waals surface area (Å²) in [4.78, 5) is 0. The highest BCUT2D eigenvalue weighted by Gasteiger charge is 2.18. The van der Waals surface area contributed by atoms with Crippen LogP contribution in [-0.2, 0) is 12.8 Å². The van der Waals surface area contributed by atoms with Crippen LogP contribution in [0.2, 0.25) is 5.02 Å². The minimum absolute atomic E-state index is 0.0797. The maximum absolute atomic E-state index is 6.35. The van der Waals surface area contributed by atoms with Crippen molar-refractivity contribution in [2.45, 2.75) is 32.8 Å². The first-order chi connectivity index (χ1) is 12.6. The van der Waals surface area contributed by atoms with E-state index in [1.807, 2.05) is 42.9 Å². The van der Waals surface area contributed by atoms with E-state index in [1.165, 1.54) is 22.6 Å². The maximum Gasteiger partial charge on any atom is 0.233 e. The van der Waals surface area contributed by atoms with Crippen molar-refractivity contribution in [3.63, 3.8) is 0 Å². The molecule has 136 valence electrons. The predicted molar refractivity (Wildman–Crippen MR) is 104 cm³/mol. The number of benzene rings is 1. The molecule has 26 heavy (non-hydrogen) atoms. The Morgan fingerprint density at radius 1 is 1.23 bits per heavy atom. The first-order valence-electron chi connectivity index (χ1n) is 8.69. The summed E-state index contributed by atoms with van der Waals surface area (Å²) in [5.74, 6) is 0.681. The van der Waals surface area contributed by atoms with E-state index in [-0.39, 0.29) is 6.10 Å². The van der Waals surface area contributed by atoms with Crippen molar-refractivity contribution in [3.8, 4) is 21.5 Å². The van der Waals surface area contributed by atoms with Crippen molar-refractivity contribution in [2.75, 3.05) is 13.1 Å². The third-order valence-electron chi connectivity index (χ3n) is 4.20. The molecule has 0 saturated carbocycles. The van der Waals surface area contributed by atoms with Crippen molar-refractivity contribution < 1.29 is 4.74 Å². The van der Waals surface area contributed by atoms with Gasteiger partial charge < -0.3 is 10.1 Å². The molecule has 1 N–H and O–H groups in total. The molecule has 2 aromatic heterocycles. The number of hydrogen-bond acceptors (Lipinski definition) is 6. The number of rotatable bonds is 4. The van der Waals surface area contributed by atoms with Gasteiger partial charge in [-0.3, -0.25) is 0 Å². The van der Waals surface area contributed by atoms with Crippen LogP contribution in [0, 0.1) is 0 Å². The first-order valence-corrected chi connectivity index (χ1v) is 9.88. The van der Waals surface area contributed by atoms with Crippen LogP contribution in [0.5, 0.6) is 5.75 Å². The van der Waals surface area contributed by atoms with Crippen LogP contribution in [0.15, 0.2) is 24.4 Å². The second-order valence-electron chi connectivity index (χ2n) is 6.48. The van der Waals surface area contributed by atoms with Crippen molar-refractivity contribution in [3.05, 3.63) is 40.7 Å². The van der Waals surface area contributed by atoms with Crippen molar-refractivity contribution in [1.29, 1.82) is 0 Å². The summed E-state index contributed by atoms with van der Waals surface area (Å²) >= 11 is 7.86. The van der Waals surface area contributed by atoms with E-state index in [0.717, 1.165) is 41.6 Å². The molecule has 1 aromatic carbocycles. The summed E-state index contributed by atoms with van der Waals surface area (Å²) in [5.41, 5.74) is 3.43. The smallest absolute Gasteiger partial charge is 0.233 e. The molecule has 0 saturated heterocycles. The van der Waals surface area contributed by atoms with Crippen LogP contribution in [0.3, 0.4) is 0 Å². The highest BCUT2D eigenvalue weighted by atomic mass is 35.5. The van der Waals surface area contributed by atoms with Gasteiger partial charge in [0.1, 0.15) is 10.8 Å². The Morgan fingerprint density at radius 2 is 2.08 bits per heavy atom. The van der Waals surface area contributed by atoms with Crippen LogP contribution < -0.4 is 10.1 Å². The quantitative estimate of drug-likeness (QED) is 0.739. The summed E-state index contributed by atoms with van der Waals surface area (Å²) in [6, 6.07) is 5.71. The zero-order valence-corrected chi connectivity index (χ0v) is 16.3. The summed E-state index contributed by atoms with van der Waals surface area (Å²) < 4.78 is 7.61. The first kappa shape index (κ1) is 17.5. The van der Waals surface area contributed by atoms with E-state index in [1.54, 1.807) is 0 Å². The van der Waals surface area contributed by atoms with E-state index in [2.05, 4.69) is 20.6 Å². The number of nitrogens with zero attached hydrogens (tertiary/aromatic N) is 4. The fourth-order valence-corrected chi connectivity index (χ4v) is 4.05. The average molecular weight is 390 g/mol. The zero-order valence-electron chi connectivity index (χ0n) is 14.7. The molecule has 0 spiro atoms. The highest BCUT2D eigenvalue weighted by molar-refractivity contribution is 7.17. The molecule has 3 aromatic rings. The normalized spacial score (nSPS) is 14.3. The molecule has 4 rings (SSSR count). The molecular formula is C18H20ClN5OS. The minimum Gasteiger partial charge on any atom is -0.489 e. The van der Waals surface area contributed by atoms with E-state index < -0.39 is 0 Å². The Balaban J connectivity index is 1.63. The van der Waals surface area contributed by atoms with Crippen LogP contribution in [-0.4, -0.2) is 39.2 Å². The topological polar surface area (TPSA) is 64.9 Å². The summed E-state index contributed by atoms with van der Waals surface area (Å²) in [6.45, 7) is 5.90. The monoisotopic (exact) mass is 389 g/mol. The Hall–Kier alpha value is -1.96. The lowest BCUT2D eigenvalue weighted by Gasteiger charge is -2.11. The van der Waals surface area contributed by atoms with Crippen LogP contribution in [0.4, 0.5) is 0 Å². The number of aromatic nitrogens is 4. The number of nitrogens with one attached hydrogen (secondary N) is 1. The Morgan fingerprint density at radius 3 is 2.88 bits per heavy atom. The molecular weight excluding hydrogens is 370 g/mol. The largest absolute Gasteiger partial charge is 0.489 e. The molecule has 8 heteroatoms. The van der Waals surface area contributed by atoms with Crippen LogP contribution in [0.25, 0.3) is 15.7 Å². The van der Waals surface area contributed by atoms with Crippen LogP contribution in [0.1, 0.15) is 25.1 Å². The van der Waals surface area contributed by atoms with Gasteiger partial charge in [-0.25, -0.2) is 4.68 Å². The Labute approximate surface area is 161 Å². The number of hydrogen-bond donors (Lipinski definition) is 1. The fourth-order valence-electron chi connectivity index (χ4n) is 3.00. The van der Waals surface area contributed by atoms with Gasteiger partial charge in [-0.2, -0.15) is 5.10 Å². The summed E-state index contributed by atoms with van der Waals surface area (Å²) in [5, 5.41) is 18.8. The van der Waals surface area contributed by atoms with Gasteiger partial charge in [-0.1, -0.05) is 22.9 Å². The molecule has 0 unspecified atom stereocenters. The molecule has 1 aliphatic rings. The maximum atomic E-state index is 6.35. The lowest BCUT2D eigenvalue weighted by atomic mass is 10.2. The fraction of sp³-hybridized carbons (Fsp3) is 0.389. The molecule has 0 radical (unpaired) electrons. The highest BCUT2D eigenvalue weighted by Crippen LogP contribution is 2.33. The average Bonchev–Trinajstić information content (AvgIpc) is 3.18. The van der Waals surface area contributed by atoms with E-state index in [0.29, 0.717) is 10.8 Å². The number of fused-ring (bicyclic) bond motifs is 1. The standard InChI is InChI=1S/C18H20ClN5OS/c1-11(2)25-16-4-3-12(9-14(16)19)17-22-23-18(26-17)24-15-6-8-20-7-5-13(15)10-21-24/h3-4,9-11,20H,5-8H2,1-2H3. The van der Waals surface area contributed by atoms with Crippen LogP contribution >= 0.6 is 22.9 Å². The predicted octanol–water partition coefficient (Wildman–Crippen LogP) is 3.52. The van der Waals surface area contributed by atoms with Gasteiger partial charge in [-0.15, -0.1) is 10.2 Å². The SMILES string of the molecule is CC(C)Oc1ccc(-c2nnc(-n3ncc4c3CCNCC4)s2)cc1Cl. The molecule has 3 heterocycles. The zero-order chi connectivity index (χ0) is 18.1. The molecule has 1 aliphatic heterocycles. The van der Waals surface area contributed by atoms with Crippen molar-refractivity contribution in [1.82, 2.24) is 25.3 Å².